The first-order valence-corrected chi connectivity index (χ1v) is 9.07. The number of aliphatic carboxylic acids is 1. The first kappa shape index (κ1) is 17.5. The summed E-state index contributed by atoms with van der Waals surface area (Å²) in [5.41, 5.74) is 2.17. The van der Waals surface area contributed by atoms with Crippen LogP contribution in [-0.4, -0.2) is 46.6 Å². The van der Waals surface area contributed by atoms with Gasteiger partial charge in [0, 0.05) is 30.9 Å². The molecule has 4 rings (SSSR count). The van der Waals surface area contributed by atoms with Gasteiger partial charge in [0.25, 0.3) is 5.91 Å². The zero-order valence-corrected chi connectivity index (χ0v) is 15.4. The fraction of sp³-hybridized carbons (Fsp3) is 0.381. The Morgan fingerprint density at radius 3 is 2.81 bits per heavy atom. The molecule has 2 atom stereocenters. The van der Waals surface area contributed by atoms with E-state index < -0.39 is 11.4 Å². The zero-order chi connectivity index (χ0) is 19.2. The lowest BCUT2D eigenvalue weighted by molar-refractivity contribution is -0.150. The van der Waals surface area contributed by atoms with Gasteiger partial charge < -0.3 is 14.7 Å². The number of hydrogen-bond donors (Lipinski definition) is 1. The molecule has 0 unspecified atom stereocenters. The number of carbonyl (C=O) groups is 2. The van der Waals surface area contributed by atoms with Crippen LogP contribution in [0.15, 0.2) is 36.5 Å². The minimum atomic E-state index is -1.03. The number of nitrogens with zero attached hydrogens (tertiary/aromatic N) is 2. The summed E-state index contributed by atoms with van der Waals surface area (Å²) in [4.78, 5) is 31.2. The molecular weight excluding hydrogens is 344 g/mol. The fourth-order valence-electron chi connectivity index (χ4n) is 4.12. The molecule has 1 aromatic carbocycles. The molecule has 140 valence electrons. The minimum absolute atomic E-state index is 0.174. The molecule has 27 heavy (non-hydrogen) atoms. The number of carboxylic acids is 1. The molecule has 1 fully saturated rings. The van der Waals surface area contributed by atoms with E-state index in [4.69, 9.17) is 4.74 Å². The fourth-order valence-corrected chi connectivity index (χ4v) is 4.12. The van der Waals surface area contributed by atoms with E-state index in [1.807, 2.05) is 44.2 Å². The molecule has 1 N–H and O–H groups in total. The van der Waals surface area contributed by atoms with Gasteiger partial charge in [0.1, 0.15) is 5.75 Å². The normalized spacial score (nSPS) is 23.8. The standard InChI is InChI=1S/C21H22N2O4/c1-13-7-16(9-22-14(13)2)19(24)23-10-17-11-27-18-6-4-3-5-15(18)8-21(17,12-23)20(25)26/h3-7,9,17H,8,10-12H2,1-2H3,(H,25,26)/t17-,21+/m0/s1. The van der Waals surface area contributed by atoms with Crippen LogP contribution in [0.4, 0.5) is 0 Å². The Balaban J connectivity index is 1.66. The lowest BCUT2D eigenvalue weighted by Gasteiger charge is -2.27. The number of ether oxygens (including phenoxy) is 1. The molecule has 0 aliphatic carbocycles. The van der Waals surface area contributed by atoms with Crippen LogP contribution in [0.5, 0.6) is 5.75 Å². The van der Waals surface area contributed by atoms with Crippen molar-refractivity contribution in [3.63, 3.8) is 0 Å². The third-order valence-electron chi connectivity index (χ3n) is 5.91. The first-order valence-electron chi connectivity index (χ1n) is 9.07. The van der Waals surface area contributed by atoms with Crippen molar-refractivity contribution in [1.29, 1.82) is 0 Å². The van der Waals surface area contributed by atoms with Gasteiger partial charge in [-0.1, -0.05) is 18.2 Å². The number of benzene rings is 1. The van der Waals surface area contributed by atoms with E-state index in [1.165, 1.54) is 0 Å². The van der Waals surface area contributed by atoms with Crippen molar-refractivity contribution in [2.75, 3.05) is 19.7 Å². The van der Waals surface area contributed by atoms with Crippen LogP contribution < -0.4 is 4.74 Å². The lowest BCUT2D eigenvalue weighted by Crippen LogP contribution is -2.42. The Labute approximate surface area is 157 Å². The summed E-state index contributed by atoms with van der Waals surface area (Å²) < 4.78 is 5.89. The van der Waals surface area contributed by atoms with Gasteiger partial charge in [-0.05, 0) is 43.5 Å². The lowest BCUT2D eigenvalue weighted by atomic mass is 9.74. The monoisotopic (exact) mass is 366 g/mol. The summed E-state index contributed by atoms with van der Waals surface area (Å²) in [6.45, 7) is 4.64. The van der Waals surface area contributed by atoms with Crippen molar-refractivity contribution >= 4 is 11.9 Å². The smallest absolute Gasteiger partial charge is 0.312 e. The van der Waals surface area contributed by atoms with E-state index in [-0.39, 0.29) is 25.0 Å². The Kier molecular flexibility index (Phi) is 4.13. The quantitative estimate of drug-likeness (QED) is 0.883. The van der Waals surface area contributed by atoms with E-state index in [2.05, 4.69) is 4.98 Å². The highest BCUT2D eigenvalue weighted by Gasteiger charge is 2.55. The molecule has 0 saturated carbocycles. The van der Waals surface area contributed by atoms with Crippen molar-refractivity contribution in [1.82, 2.24) is 9.88 Å². The van der Waals surface area contributed by atoms with Gasteiger partial charge in [-0.15, -0.1) is 0 Å². The van der Waals surface area contributed by atoms with Crippen molar-refractivity contribution in [3.05, 3.63) is 58.9 Å². The molecule has 0 spiro atoms. The van der Waals surface area contributed by atoms with Crippen LogP contribution in [0.25, 0.3) is 0 Å². The maximum atomic E-state index is 13.0. The number of hydrogen-bond acceptors (Lipinski definition) is 4. The van der Waals surface area contributed by atoms with Gasteiger partial charge in [0.15, 0.2) is 0 Å². The molecule has 1 amide bonds. The SMILES string of the molecule is Cc1cc(C(=O)N2C[C@H]3COc4ccccc4C[C@@]3(C(=O)O)C2)cnc1C. The third kappa shape index (κ3) is 2.85. The molecule has 6 heteroatoms. The van der Waals surface area contributed by atoms with E-state index in [9.17, 15) is 14.7 Å². The molecule has 0 bridgehead atoms. The number of pyridine rings is 1. The third-order valence-corrected chi connectivity index (χ3v) is 5.91. The number of para-hydroxylation sites is 1. The highest BCUT2D eigenvalue weighted by atomic mass is 16.5. The minimum Gasteiger partial charge on any atom is -0.493 e. The predicted molar refractivity (Wildman–Crippen MR) is 98.8 cm³/mol. The largest absolute Gasteiger partial charge is 0.493 e. The summed E-state index contributed by atoms with van der Waals surface area (Å²) in [6.07, 6.45) is 1.93. The summed E-state index contributed by atoms with van der Waals surface area (Å²) in [5.74, 6) is -0.566. The van der Waals surface area contributed by atoms with E-state index in [0.717, 1.165) is 22.6 Å². The van der Waals surface area contributed by atoms with Crippen LogP contribution >= 0.6 is 0 Å². The molecule has 6 nitrogen and oxygen atoms in total. The van der Waals surface area contributed by atoms with Crippen LogP contribution in [0.3, 0.4) is 0 Å². The van der Waals surface area contributed by atoms with Crippen molar-refractivity contribution < 1.29 is 19.4 Å². The van der Waals surface area contributed by atoms with Crippen LogP contribution in [0.1, 0.15) is 27.2 Å². The van der Waals surface area contributed by atoms with Crippen molar-refractivity contribution in [3.8, 4) is 5.75 Å². The Morgan fingerprint density at radius 2 is 2.07 bits per heavy atom. The molecule has 2 aromatic rings. The highest BCUT2D eigenvalue weighted by Crippen LogP contribution is 2.44. The molecule has 2 aliphatic rings. The molecule has 3 heterocycles. The van der Waals surface area contributed by atoms with Crippen LogP contribution in [0, 0.1) is 25.2 Å². The van der Waals surface area contributed by atoms with E-state index in [1.54, 1.807) is 11.1 Å². The second kappa shape index (κ2) is 6.37. The van der Waals surface area contributed by atoms with Crippen LogP contribution in [0.2, 0.25) is 0 Å². The maximum Gasteiger partial charge on any atom is 0.312 e. The second-order valence-corrected chi connectivity index (χ2v) is 7.57. The highest BCUT2D eigenvalue weighted by molar-refractivity contribution is 5.95. The van der Waals surface area contributed by atoms with E-state index >= 15 is 0 Å². The Bertz CT molecular complexity index is 926. The van der Waals surface area contributed by atoms with Gasteiger partial charge >= 0.3 is 5.97 Å². The topological polar surface area (TPSA) is 79.7 Å². The van der Waals surface area contributed by atoms with Crippen LogP contribution in [-0.2, 0) is 11.2 Å². The zero-order valence-electron chi connectivity index (χ0n) is 15.4. The Morgan fingerprint density at radius 1 is 1.30 bits per heavy atom. The molecule has 2 aliphatic heterocycles. The summed E-state index contributed by atoms with van der Waals surface area (Å²) in [6, 6.07) is 9.36. The average molecular weight is 366 g/mol. The number of amides is 1. The van der Waals surface area contributed by atoms with E-state index in [0.29, 0.717) is 18.5 Å². The number of rotatable bonds is 2. The number of aromatic nitrogens is 1. The Hall–Kier alpha value is -2.89. The van der Waals surface area contributed by atoms with Gasteiger partial charge in [0.2, 0.25) is 0 Å². The van der Waals surface area contributed by atoms with Gasteiger partial charge in [-0.2, -0.15) is 0 Å². The predicted octanol–water partition coefficient (Wildman–Crippen LogP) is 2.48. The molecule has 0 radical (unpaired) electrons. The average Bonchev–Trinajstić information content (AvgIpc) is 2.94. The molecular formula is C21H22N2O4. The summed E-state index contributed by atoms with van der Waals surface area (Å²) in [7, 11) is 0. The van der Waals surface area contributed by atoms with Gasteiger partial charge in [0.05, 0.1) is 17.6 Å². The maximum absolute atomic E-state index is 13.0. The summed E-state index contributed by atoms with van der Waals surface area (Å²) >= 11 is 0. The molecule has 1 aromatic heterocycles. The van der Waals surface area contributed by atoms with Gasteiger partial charge in [-0.25, -0.2) is 0 Å². The second-order valence-electron chi connectivity index (χ2n) is 7.57. The number of fused-ring (bicyclic) bond motifs is 2. The van der Waals surface area contributed by atoms with Crippen molar-refractivity contribution in [2.45, 2.75) is 20.3 Å². The number of carbonyl (C=O) groups excluding carboxylic acids is 1. The van der Waals surface area contributed by atoms with Crippen molar-refractivity contribution in [2.24, 2.45) is 11.3 Å². The molecule has 1 saturated heterocycles. The number of likely N-dealkylation sites (tertiary alicyclic amines) is 1. The summed E-state index contributed by atoms with van der Waals surface area (Å²) in [5, 5.41) is 10.1. The van der Waals surface area contributed by atoms with Gasteiger partial charge in [-0.3, -0.25) is 14.6 Å². The number of carboxylic acid groups (broad SMARTS) is 1. The first-order chi connectivity index (χ1) is 12.9. The number of aryl methyl sites for hydroxylation is 2.